The summed E-state index contributed by atoms with van der Waals surface area (Å²) in [4.78, 5) is 5.05. The van der Waals surface area contributed by atoms with Gasteiger partial charge in [-0.3, -0.25) is 0 Å². The number of hydrogen-bond acceptors (Lipinski definition) is 8. The third-order valence-electron chi connectivity index (χ3n) is 3.19. The molecule has 8 nitrogen and oxygen atoms in total. The smallest absolute Gasteiger partial charge is 0.187 e. The highest BCUT2D eigenvalue weighted by molar-refractivity contribution is 5.24. The quantitative estimate of drug-likeness (QED) is 0.421. The van der Waals surface area contributed by atoms with Crippen LogP contribution in [-0.4, -0.2) is 57.7 Å². The molecule has 114 valence electrons. The van der Waals surface area contributed by atoms with E-state index in [1.807, 2.05) is 0 Å². The summed E-state index contributed by atoms with van der Waals surface area (Å²) >= 11 is 0. The Morgan fingerprint density at radius 2 is 2.00 bits per heavy atom. The van der Waals surface area contributed by atoms with Crippen LogP contribution in [0.4, 0.5) is 0 Å². The Labute approximate surface area is 115 Å². The predicted octanol–water partition coefficient (Wildman–Crippen LogP) is -0.961. The summed E-state index contributed by atoms with van der Waals surface area (Å²) in [5, 5.41) is 38.2. The molecule has 2 aliphatic rings. The van der Waals surface area contributed by atoms with E-state index in [0.717, 1.165) is 0 Å². The number of hydrogen-bond donors (Lipinski definition) is 5. The first-order chi connectivity index (χ1) is 9.40. The van der Waals surface area contributed by atoms with Gasteiger partial charge in [0.2, 0.25) is 0 Å². The molecule has 0 aromatic carbocycles. The average Bonchev–Trinajstić information content (AvgIpc) is 2.88. The molecule has 20 heavy (non-hydrogen) atoms. The van der Waals surface area contributed by atoms with Gasteiger partial charge in [0.1, 0.15) is 36.4 Å². The van der Waals surface area contributed by atoms with Crippen molar-refractivity contribution < 1.29 is 34.7 Å². The van der Waals surface area contributed by atoms with E-state index in [-0.39, 0.29) is 12.4 Å². The summed E-state index contributed by atoms with van der Waals surface area (Å²) in [7, 11) is 0. The fraction of sp³-hybridized carbons (Fsp3) is 0.667. The molecule has 0 spiro atoms. The lowest BCUT2D eigenvalue weighted by Gasteiger charge is -2.38. The van der Waals surface area contributed by atoms with E-state index < -0.39 is 30.7 Å². The van der Waals surface area contributed by atoms with Crippen LogP contribution in [0.25, 0.3) is 0 Å². The van der Waals surface area contributed by atoms with Gasteiger partial charge in [0.05, 0.1) is 6.10 Å². The zero-order valence-corrected chi connectivity index (χ0v) is 11.2. The minimum absolute atomic E-state index is 0.0267. The summed E-state index contributed by atoms with van der Waals surface area (Å²) in [6, 6.07) is 0. The molecule has 0 aliphatic carbocycles. The Morgan fingerprint density at radius 1 is 1.30 bits per heavy atom. The van der Waals surface area contributed by atoms with Crippen LogP contribution >= 0.6 is 0 Å². The molecule has 0 radical (unpaired) electrons. The van der Waals surface area contributed by atoms with Crippen LogP contribution in [-0.2, 0) is 14.3 Å². The Bertz CT molecular complexity index is 418. The molecule has 0 aromatic rings. The van der Waals surface area contributed by atoms with Gasteiger partial charge in [-0.05, 0) is 13.8 Å². The van der Waals surface area contributed by atoms with Crippen LogP contribution in [0.1, 0.15) is 13.8 Å². The van der Waals surface area contributed by atoms with Crippen LogP contribution in [0.2, 0.25) is 0 Å². The minimum Gasteiger partial charge on any atom is -0.510 e. The monoisotopic (exact) mass is 289 g/mol. The van der Waals surface area contributed by atoms with Crippen molar-refractivity contribution in [1.82, 2.24) is 5.48 Å². The van der Waals surface area contributed by atoms with Gasteiger partial charge in [-0.1, -0.05) is 0 Å². The fourth-order valence-corrected chi connectivity index (χ4v) is 1.91. The highest BCUT2D eigenvalue weighted by Gasteiger charge is 2.42. The van der Waals surface area contributed by atoms with Crippen LogP contribution in [0.15, 0.2) is 23.3 Å². The SMILES string of the molecule is C/C(O)=C1/C=C(CO[C@@H]2O[C@@H](C)[C@@H](O)[C@@H](O)[C@@H]2O)ON1. The number of aliphatic hydroxyl groups is 4. The Hall–Kier alpha value is -1.32. The fourth-order valence-electron chi connectivity index (χ4n) is 1.91. The van der Waals surface area contributed by atoms with E-state index in [4.69, 9.17) is 14.3 Å². The van der Waals surface area contributed by atoms with Gasteiger partial charge in [-0.15, -0.1) is 0 Å². The second-order valence-electron chi connectivity index (χ2n) is 4.81. The van der Waals surface area contributed by atoms with Gasteiger partial charge in [0, 0.05) is 6.08 Å². The lowest BCUT2D eigenvalue weighted by atomic mass is 10.0. The molecule has 0 bridgehead atoms. The highest BCUT2D eigenvalue weighted by Crippen LogP contribution is 2.23. The first-order valence-corrected chi connectivity index (χ1v) is 6.24. The topological polar surface area (TPSA) is 121 Å². The summed E-state index contributed by atoms with van der Waals surface area (Å²) < 4.78 is 10.6. The maximum absolute atomic E-state index is 9.75. The first kappa shape index (κ1) is 15.1. The third-order valence-corrected chi connectivity index (χ3v) is 3.19. The van der Waals surface area contributed by atoms with E-state index in [1.54, 1.807) is 13.0 Å². The van der Waals surface area contributed by atoms with Crippen molar-refractivity contribution in [1.29, 1.82) is 0 Å². The van der Waals surface area contributed by atoms with Crippen molar-refractivity contribution in [2.75, 3.05) is 6.61 Å². The number of hydroxylamine groups is 1. The van der Waals surface area contributed by atoms with Gasteiger partial charge >= 0.3 is 0 Å². The number of nitrogens with one attached hydrogen (secondary N) is 1. The molecule has 0 saturated carbocycles. The molecular formula is C12H19NO7. The standard InChI is InChI=1S/C12H19NO7/c1-5(14)8-3-7(20-13-8)4-18-12-11(17)10(16)9(15)6(2)19-12/h3,6,9-17H,4H2,1-2H3/b8-5+/t6-,9+,10+,11-,12+/m0/s1. The molecule has 0 amide bonds. The van der Waals surface area contributed by atoms with E-state index >= 15 is 0 Å². The van der Waals surface area contributed by atoms with Crippen LogP contribution in [0.3, 0.4) is 0 Å². The molecular weight excluding hydrogens is 270 g/mol. The van der Waals surface area contributed by atoms with E-state index in [9.17, 15) is 20.4 Å². The maximum atomic E-state index is 9.75. The molecule has 0 unspecified atom stereocenters. The van der Waals surface area contributed by atoms with Gasteiger partial charge in [0.15, 0.2) is 12.0 Å². The van der Waals surface area contributed by atoms with Crippen LogP contribution in [0, 0.1) is 0 Å². The van der Waals surface area contributed by atoms with Crippen LogP contribution < -0.4 is 5.48 Å². The molecule has 5 atom stereocenters. The number of allylic oxidation sites excluding steroid dienone is 2. The molecule has 2 aliphatic heterocycles. The predicted molar refractivity (Wildman–Crippen MR) is 65.9 cm³/mol. The van der Waals surface area contributed by atoms with Crippen molar-refractivity contribution in [3.05, 3.63) is 23.3 Å². The Morgan fingerprint density at radius 3 is 2.60 bits per heavy atom. The van der Waals surface area contributed by atoms with E-state index in [0.29, 0.717) is 11.5 Å². The summed E-state index contributed by atoms with van der Waals surface area (Å²) in [5.41, 5.74) is 2.91. The zero-order valence-electron chi connectivity index (χ0n) is 11.2. The molecule has 2 rings (SSSR count). The van der Waals surface area contributed by atoms with Gasteiger partial charge in [-0.25, -0.2) is 5.48 Å². The van der Waals surface area contributed by atoms with Crippen LogP contribution in [0.5, 0.6) is 0 Å². The highest BCUT2D eigenvalue weighted by atomic mass is 16.7. The number of rotatable bonds is 3. The summed E-state index contributed by atoms with van der Waals surface area (Å²) in [6.45, 7) is 3.04. The van der Waals surface area contributed by atoms with Crippen molar-refractivity contribution in [3.63, 3.8) is 0 Å². The molecule has 5 N–H and O–H groups in total. The third kappa shape index (κ3) is 3.05. The van der Waals surface area contributed by atoms with E-state index in [1.165, 1.54) is 6.92 Å². The van der Waals surface area contributed by atoms with Crippen molar-refractivity contribution in [2.24, 2.45) is 0 Å². The Kier molecular flexibility index (Phi) is 4.51. The lowest BCUT2D eigenvalue weighted by Crippen LogP contribution is -2.57. The van der Waals surface area contributed by atoms with Crippen molar-refractivity contribution in [2.45, 2.75) is 44.6 Å². The van der Waals surface area contributed by atoms with Gasteiger partial charge in [-0.2, -0.15) is 0 Å². The molecule has 1 saturated heterocycles. The maximum Gasteiger partial charge on any atom is 0.187 e. The normalized spacial score (nSPS) is 39.9. The van der Waals surface area contributed by atoms with Crippen molar-refractivity contribution >= 4 is 0 Å². The molecule has 2 heterocycles. The Balaban J connectivity index is 1.91. The molecule has 1 fully saturated rings. The van der Waals surface area contributed by atoms with E-state index in [2.05, 4.69) is 5.48 Å². The first-order valence-electron chi connectivity index (χ1n) is 6.24. The minimum atomic E-state index is -1.36. The number of aliphatic hydroxyl groups excluding tert-OH is 4. The van der Waals surface area contributed by atoms with Crippen molar-refractivity contribution in [3.8, 4) is 0 Å². The van der Waals surface area contributed by atoms with Gasteiger partial charge < -0.3 is 34.7 Å². The average molecular weight is 289 g/mol. The summed E-state index contributed by atoms with van der Waals surface area (Å²) in [5.74, 6) is 0.457. The largest absolute Gasteiger partial charge is 0.510 e. The number of ether oxygens (including phenoxy) is 2. The zero-order chi connectivity index (χ0) is 14.9. The molecule has 8 heteroatoms. The molecule has 0 aromatic heterocycles. The lowest BCUT2D eigenvalue weighted by molar-refractivity contribution is -0.292. The second-order valence-corrected chi connectivity index (χ2v) is 4.81. The summed E-state index contributed by atoms with van der Waals surface area (Å²) in [6.07, 6.45) is -4.05. The second kappa shape index (κ2) is 5.98. The van der Waals surface area contributed by atoms with Gasteiger partial charge in [0.25, 0.3) is 0 Å².